The molecular weight excluding hydrogens is 184 g/mol. The number of hydrogen-bond donors (Lipinski definition) is 1. The maximum absolute atomic E-state index is 8.69. The number of nitrogens with zero attached hydrogens (tertiary/aromatic N) is 1. The van der Waals surface area contributed by atoms with Crippen molar-refractivity contribution in [2.75, 3.05) is 0 Å². The van der Waals surface area contributed by atoms with Crippen molar-refractivity contribution in [3.8, 4) is 6.07 Å². The Bertz CT molecular complexity index is 199. The van der Waals surface area contributed by atoms with E-state index < -0.39 is 0 Å². The third-order valence-electron chi connectivity index (χ3n) is 3.73. The molecule has 0 aromatic rings. The number of nitrogens with one attached hydrogen (secondary N) is 1. The van der Waals surface area contributed by atoms with Gasteiger partial charge in [0.1, 0.15) is 0 Å². The van der Waals surface area contributed by atoms with Gasteiger partial charge in [-0.1, -0.05) is 20.3 Å². The molecule has 2 heteroatoms. The summed E-state index contributed by atoms with van der Waals surface area (Å²) in [6, 6.07) is 3.35. The van der Waals surface area contributed by atoms with Crippen LogP contribution >= 0.6 is 0 Å². The second-order valence-electron chi connectivity index (χ2n) is 4.76. The summed E-state index contributed by atoms with van der Waals surface area (Å²) in [7, 11) is 0. The summed E-state index contributed by atoms with van der Waals surface area (Å²) in [5.74, 6) is 0.957. The SMILES string of the molecule is CCC1CCC(NC(CC)CC#N)CC1. The van der Waals surface area contributed by atoms with Gasteiger partial charge in [-0.05, 0) is 38.0 Å². The minimum absolute atomic E-state index is 0.415. The lowest BCUT2D eigenvalue weighted by atomic mass is 9.84. The molecule has 1 fully saturated rings. The summed E-state index contributed by atoms with van der Waals surface area (Å²) >= 11 is 0. The first kappa shape index (κ1) is 12.5. The van der Waals surface area contributed by atoms with Crippen LogP contribution in [0.5, 0.6) is 0 Å². The van der Waals surface area contributed by atoms with Crippen molar-refractivity contribution in [3.63, 3.8) is 0 Å². The zero-order chi connectivity index (χ0) is 11.1. The van der Waals surface area contributed by atoms with Gasteiger partial charge in [0.2, 0.25) is 0 Å². The zero-order valence-corrected chi connectivity index (χ0v) is 10.1. The van der Waals surface area contributed by atoms with Crippen molar-refractivity contribution in [1.29, 1.82) is 5.26 Å². The Morgan fingerprint density at radius 1 is 1.27 bits per heavy atom. The smallest absolute Gasteiger partial charge is 0.0638 e. The quantitative estimate of drug-likeness (QED) is 0.753. The van der Waals surface area contributed by atoms with E-state index in [0.29, 0.717) is 18.5 Å². The van der Waals surface area contributed by atoms with Gasteiger partial charge in [0.05, 0.1) is 12.5 Å². The molecule has 1 atom stereocenters. The normalized spacial score (nSPS) is 28.3. The van der Waals surface area contributed by atoms with Crippen LogP contribution in [0, 0.1) is 17.2 Å². The van der Waals surface area contributed by atoms with Crippen LogP contribution in [0.15, 0.2) is 0 Å². The highest BCUT2D eigenvalue weighted by Crippen LogP contribution is 2.26. The molecule has 1 unspecified atom stereocenters. The van der Waals surface area contributed by atoms with Crippen molar-refractivity contribution < 1.29 is 0 Å². The van der Waals surface area contributed by atoms with E-state index in [1.165, 1.54) is 32.1 Å². The largest absolute Gasteiger partial charge is 0.310 e. The van der Waals surface area contributed by atoms with Gasteiger partial charge in [0.25, 0.3) is 0 Å². The summed E-state index contributed by atoms with van der Waals surface area (Å²) in [6.45, 7) is 4.45. The van der Waals surface area contributed by atoms with Crippen molar-refractivity contribution in [2.45, 2.75) is 70.9 Å². The molecule has 0 saturated heterocycles. The van der Waals surface area contributed by atoms with Crippen LogP contribution in [-0.2, 0) is 0 Å². The monoisotopic (exact) mass is 208 g/mol. The van der Waals surface area contributed by atoms with Crippen LogP contribution in [0.1, 0.15) is 58.8 Å². The molecule has 1 rings (SSSR count). The molecule has 0 radical (unpaired) electrons. The number of nitriles is 1. The predicted molar refractivity (Wildman–Crippen MR) is 63.5 cm³/mol. The average Bonchev–Trinajstić information content (AvgIpc) is 2.29. The van der Waals surface area contributed by atoms with Crippen LogP contribution in [0.4, 0.5) is 0 Å². The summed E-state index contributed by atoms with van der Waals surface area (Å²) < 4.78 is 0. The summed E-state index contributed by atoms with van der Waals surface area (Å²) in [6.07, 6.45) is 8.42. The zero-order valence-electron chi connectivity index (χ0n) is 10.1. The molecule has 2 nitrogen and oxygen atoms in total. The Hall–Kier alpha value is -0.550. The Morgan fingerprint density at radius 3 is 2.40 bits per heavy atom. The average molecular weight is 208 g/mol. The van der Waals surface area contributed by atoms with Gasteiger partial charge in [0, 0.05) is 12.1 Å². The summed E-state index contributed by atoms with van der Waals surface area (Å²) in [4.78, 5) is 0. The minimum Gasteiger partial charge on any atom is -0.310 e. The summed E-state index contributed by atoms with van der Waals surface area (Å²) in [5, 5.41) is 12.3. The van der Waals surface area contributed by atoms with Gasteiger partial charge < -0.3 is 5.32 Å². The lowest BCUT2D eigenvalue weighted by Gasteiger charge is -2.31. The van der Waals surface area contributed by atoms with Gasteiger partial charge in [-0.15, -0.1) is 0 Å². The van der Waals surface area contributed by atoms with Crippen molar-refractivity contribution in [1.82, 2.24) is 5.32 Å². The van der Waals surface area contributed by atoms with E-state index in [-0.39, 0.29) is 0 Å². The highest BCUT2D eigenvalue weighted by molar-refractivity contribution is 4.84. The van der Waals surface area contributed by atoms with E-state index in [0.717, 1.165) is 12.3 Å². The fraction of sp³-hybridized carbons (Fsp3) is 0.923. The molecule has 15 heavy (non-hydrogen) atoms. The van der Waals surface area contributed by atoms with Gasteiger partial charge in [-0.3, -0.25) is 0 Å². The molecular formula is C13H24N2. The molecule has 0 bridgehead atoms. The van der Waals surface area contributed by atoms with Gasteiger partial charge in [-0.25, -0.2) is 0 Å². The molecule has 1 N–H and O–H groups in total. The minimum atomic E-state index is 0.415. The molecule has 1 aliphatic carbocycles. The van der Waals surface area contributed by atoms with Crippen molar-refractivity contribution in [3.05, 3.63) is 0 Å². The highest BCUT2D eigenvalue weighted by Gasteiger charge is 2.21. The van der Waals surface area contributed by atoms with Gasteiger partial charge in [-0.2, -0.15) is 5.26 Å². The maximum atomic E-state index is 8.69. The van der Waals surface area contributed by atoms with Crippen LogP contribution < -0.4 is 5.32 Å². The molecule has 0 aliphatic heterocycles. The first-order chi connectivity index (χ1) is 7.30. The Kier molecular flexibility index (Phi) is 5.71. The predicted octanol–water partition coefficient (Wildman–Crippen LogP) is 3.24. The number of rotatable bonds is 5. The summed E-state index contributed by atoms with van der Waals surface area (Å²) in [5.41, 5.74) is 0. The molecule has 0 amide bonds. The van der Waals surface area contributed by atoms with Crippen molar-refractivity contribution >= 4 is 0 Å². The van der Waals surface area contributed by atoms with Crippen LogP contribution in [0.3, 0.4) is 0 Å². The second-order valence-corrected chi connectivity index (χ2v) is 4.76. The first-order valence-corrected chi connectivity index (χ1v) is 6.43. The number of hydrogen-bond acceptors (Lipinski definition) is 2. The van der Waals surface area contributed by atoms with Crippen LogP contribution in [0.2, 0.25) is 0 Å². The van der Waals surface area contributed by atoms with E-state index in [1.807, 2.05) is 0 Å². The second kappa shape index (κ2) is 6.85. The first-order valence-electron chi connectivity index (χ1n) is 6.43. The topological polar surface area (TPSA) is 35.8 Å². The highest BCUT2D eigenvalue weighted by atomic mass is 14.9. The third-order valence-corrected chi connectivity index (χ3v) is 3.73. The van der Waals surface area contributed by atoms with E-state index in [1.54, 1.807) is 0 Å². The fourth-order valence-corrected chi connectivity index (χ4v) is 2.50. The standard InChI is InChI=1S/C13H24N2/c1-3-11-5-7-13(8-6-11)15-12(4-2)9-10-14/h11-13,15H,3-9H2,1-2H3. The van der Waals surface area contributed by atoms with E-state index in [9.17, 15) is 0 Å². The fourth-order valence-electron chi connectivity index (χ4n) is 2.50. The molecule has 1 saturated carbocycles. The van der Waals surface area contributed by atoms with E-state index in [4.69, 9.17) is 5.26 Å². The molecule has 0 heterocycles. The molecule has 86 valence electrons. The maximum Gasteiger partial charge on any atom is 0.0638 e. The molecule has 0 aromatic heterocycles. The molecule has 0 spiro atoms. The molecule has 1 aliphatic rings. The lowest BCUT2D eigenvalue weighted by molar-refractivity contribution is 0.267. The van der Waals surface area contributed by atoms with Crippen molar-refractivity contribution in [2.24, 2.45) is 5.92 Å². The molecule has 0 aromatic carbocycles. The van der Waals surface area contributed by atoms with Crippen LogP contribution in [-0.4, -0.2) is 12.1 Å². The van der Waals surface area contributed by atoms with E-state index >= 15 is 0 Å². The Labute approximate surface area is 94.1 Å². The van der Waals surface area contributed by atoms with E-state index in [2.05, 4.69) is 25.2 Å². The Morgan fingerprint density at radius 2 is 1.93 bits per heavy atom. The van der Waals surface area contributed by atoms with Crippen LogP contribution in [0.25, 0.3) is 0 Å². The van der Waals surface area contributed by atoms with Gasteiger partial charge >= 0.3 is 0 Å². The Balaban J connectivity index is 2.25. The van der Waals surface area contributed by atoms with Gasteiger partial charge in [0.15, 0.2) is 0 Å². The third kappa shape index (κ3) is 4.22. The lowest BCUT2D eigenvalue weighted by Crippen LogP contribution is -2.40.